The molecule has 46 heavy (non-hydrogen) atoms. The fourth-order valence-corrected chi connectivity index (χ4v) is 5.07. The molecule has 0 aliphatic heterocycles. The number of carbonyl (C=O) groups excluding carboxylic acids is 1. The number of rotatable bonds is 9. The Morgan fingerprint density at radius 3 is 2.15 bits per heavy atom. The highest BCUT2D eigenvalue weighted by Gasteiger charge is 2.20. The van der Waals surface area contributed by atoms with Crippen LogP contribution in [0.5, 0.6) is 11.5 Å². The highest BCUT2D eigenvalue weighted by atomic mass is 35.5. The van der Waals surface area contributed by atoms with E-state index in [4.69, 9.17) is 16.3 Å². The summed E-state index contributed by atoms with van der Waals surface area (Å²) in [5.41, 5.74) is 1.94. The van der Waals surface area contributed by atoms with E-state index in [-0.39, 0.29) is 39.4 Å². The summed E-state index contributed by atoms with van der Waals surface area (Å²) in [6.45, 7) is 0. The van der Waals surface area contributed by atoms with Crippen LogP contribution in [0, 0.1) is 11.6 Å². The molecule has 0 aliphatic rings. The minimum absolute atomic E-state index is 0.0955. The zero-order valence-electron chi connectivity index (χ0n) is 24.0. The van der Waals surface area contributed by atoms with E-state index in [1.165, 1.54) is 61.1 Å². The van der Waals surface area contributed by atoms with Gasteiger partial charge in [0.2, 0.25) is 5.43 Å². The quantitative estimate of drug-likeness (QED) is 0.148. The Bertz CT molecular complexity index is 2020. The molecule has 0 saturated carbocycles. The molecule has 0 fully saturated rings. The van der Waals surface area contributed by atoms with Crippen LogP contribution in [0.25, 0.3) is 11.1 Å². The van der Waals surface area contributed by atoms with Crippen LogP contribution in [0.1, 0.15) is 27.5 Å². The van der Waals surface area contributed by atoms with E-state index < -0.39 is 23.0 Å². The third kappa shape index (κ3) is 6.64. The van der Waals surface area contributed by atoms with Gasteiger partial charge in [0, 0.05) is 42.0 Å². The first-order valence-electron chi connectivity index (χ1n) is 14.1. The number of nitrogens with one attached hydrogen (secondary N) is 3. The molecule has 2 aromatic heterocycles. The maximum Gasteiger partial charge on any atom is 0.261 e. The Kier molecular flexibility index (Phi) is 8.84. The van der Waals surface area contributed by atoms with Crippen LogP contribution in [-0.2, 0) is 0 Å². The molecule has 0 spiro atoms. The highest BCUT2D eigenvalue weighted by molar-refractivity contribution is 6.34. The number of amides is 1. The van der Waals surface area contributed by atoms with Gasteiger partial charge in [-0.15, -0.1) is 0 Å². The number of aromatic amines is 1. The molecular formula is C36H25ClF2N4O3. The van der Waals surface area contributed by atoms with Crippen molar-refractivity contribution in [2.75, 3.05) is 10.6 Å². The number of benzene rings is 4. The fourth-order valence-electron chi connectivity index (χ4n) is 4.87. The van der Waals surface area contributed by atoms with Crippen molar-refractivity contribution in [3.05, 3.63) is 171 Å². The van der Waals surface area contributed by atoms with E-state index in [1.54, 1.807) is 0 Å². The summed E-state index contributed by atoms with van der Waals surface area (Å²) in [4.78, 5) is 33.1. The molecule has 0 atom stereocenters. The van der Waals surface area contributed by atoms with E-state index in [2.05, 4.69) is 20.6 Å². The minimum Gasteiger partial charge on any atom is -0.453 e. The van der Waals surface area contributed by atoms with E-state index in [0.717, 1.165) is 17.2 Å². The molecule has 2 heterocycles. The van der Waals surface area contributed by atoms with Gasteiger partial charge in [-0.3, -0.25) is 9.59 Å². The molecule has 6 rings (SSSR count). The van der Waals surface area contributed by atoms with Crippen LogP contribution in [-0.4, -0.2) is 15.9 Å². The maximum atomic E-state index is 15.2. The van der Waals surface area contributed by atoms with Crippen molar-refractivity contribution in [1.29, 1.82) is 0 Å². The molecule has 7 nitrogen and oxygen atoms in total. The van der Waals surface area contributed by atoms with Crippen molar-refractivity contribution in [3.8, 4) is 22.6 Å². The molecule has 3 N–H and O–H groups in total. The number of anilines is 2. The van der Waals surface area contributed by atoms with Crippen LogP contribution in [0.15, 0.2) is 133 Å². The molecule has 228 valence electrons. The van der Waals surface area contributed by atoms with Gasteiger partial charge in [-0.2, -0.15) is 0 Å². The van der Waals surface area contributed by atoms with Gasteiger partial charge in [-0.05, 0) is 41.0 Å². The van der Waals surface area contributed by atoms with Crippen molar-refractivity contribution in [3.63, 3.8) is 0 Å². The lowest BCUT2D eigenvalue weighted by Gasteiger charge is -2.21. The highest BCUT2D eigenvalue weighted by Crippen LogP contribution is 2.37. The van der Waals surface area contributed by atoms with Crippen LogP contribution in [0.4, 0.5) is 20.3 Å². The fraction of sp³-hybridized carbons (Fsp3) is 0.0278. The second-order valence-corrected chi connectivity index (χ2v) is 10.6. The third-order valence-electron chi connectivity index (χ3n) is 7.15. The lowest BCUT2D eigenvalue weighted by Crippen LogP contribution is -2.22. The Balaban J connectivity index is 1.19. The van der Waals surface area contributed by atoms with E-state index in [9.17, 15) is 14.0 Å². The monoisotopic (exact) mass is 634 g/mol. The van der Waals surface area contributed by atoms with Gasteiger partial charge in [-0.25, -0.2) is 13.8 Å². The summed E-state index contributed by atoms with van der Waals surface area (Å²) in [6, 6.07) is 30.0. The first kappa shape index (κ1) is 30.2. The largest absolute Gasteiger partial charge is 0.453 e. The number of aromatic nitrogens is 2. The zero-order chi connectivity index (χ0) is 32.0. The first-order valence-corrected chi connectivity index (χ1v) is 14.5. The predicted molar refractivity (Wildman–Crippen MR) is 174 cm³/mol. The average molecular weight is 635 g/mol. The summed E-state index contributed by atoms with van der Waals surface area (Å²) < 4.78 is 34.4. The second-order valence-electron chi connectivity index (χ2n) is 10.2. The van der Waals surface area contributed by atoms with Crippen LogP contribution >= 0.6 is 11.6 Å². The number of halogens is 3. The molecule has 0 aliphatic carbocycles. The van der Waals surface area contributed by atoms with Crippen molar-refractivity contribution >= 4 is 29.0 Å². The summed E-state index contributed by atoms with van der Waals surface area (Å²) in [6.07, 6.45) is 4.17. The number of nitrogens with zero attached hydrogens (tertiary/aromatic N) is 1. The van der Waals surface area contributed by atoms with Crippen LogP contribution < -0.4 is 20.8 Å². The smallest absolute Gasteiger partial charge is 0.261 e. The molecular weight excluding hydrogens is 610 g/mol. The second kappa shape index (κ2) is 13.5. The van der Waals surface area contributed by atoms with Crippen LogP contribution in [0.2, 0.25) is 5.02 Å². The van der Waals surface area contributed by atoms with Gasteiger partial charge in [0.1, 0.15) is 22.2 Å². The van der Waals surface area contributed by atoms with Gasteiger partial charge in [0.15, 0.2) is 17.3 Å². The van der Waals surface area contributed by atoms with Gasteiger partial charge >= 0.3 is 0 Å². The van der Waals surface area contributed by atoms with Crippen molar-refractivity contribution in [2.45, 2.75) is 6.04 Å². The lowest BCUT2D eigenvalue weighted by atomic mass is 9.99. The lowest BCUT2D eigenvalue weighted by molar-refractivity contribution is 0.102. The first-order chi connectivity index (χ1) is 22.4. The third-order valence-corrected chi connectivity index (χ3v) is 7.52. The number of pyridine rings is 2. The topological polar surface area (TPSA) is 96.1 Å². The van der Waals surface area contributed by atoms with E-state index in [1.807, 2.05) is 60.7 Å². The van der Waals surface area contributed by atoms with Gasteiger partial charge in [0.25, 0.3) is 5.91 Å². The molecule has 0 unspecified atom stereocenters. The van der Waals surface area contributed by atoms with Gasteiger partial charge in [-0.1, -0.05) is 84.4 Å². The Morgan fingerprint density at radius 1 is 0.826 bits per heavy atom. The molecule has 4 aromatic carbocycles. The maximum absolute atomic E-state index is 15.2. The number of H-pyrrole nitrogens is 1. The Hall–Kier alpha value is -5.80. The standard InChI is InChI=1S/C36H25ClF2N4O3/c37-32-31(17-18-41-35(32)43-33(23-7-3-1-4-8-23)24-9-5-2-6-10-24)46-30-16-15-26(19-29(30)39)42-36(45)28-21-40-20-27(34(28)44)22-11-13-25(38)14-12-22/h1-21,33H,(H,40,44)(H,41,43)(H,42,45). The Labute approximate surface area is 267 Å². The molecule has 10 heteroatoms. The summed E-state index contributed by atoms with van der Waals surface area (Å²) >= 11 is 6.70. The average Bonchev–Trinajstić information content (AvgIpc) is 3.07. The number of ether oxygens (including phenoxy) is 1. The molecule has 0 radical (unpaired) electrons. The summed E-state index contributed by atoms with van der Waals surface area (Å²) in [5, 5.41) is 6.06. The van der Waals surface area contributed by atoms with E-state index >= 15 is 4.39 Å². The van der Waals surface area contributed by atoms with Gasteiger partial charge in [0.05, 0.1) is 6.04 Å². The SMILES string of the molecule is O=C(Nc1ccc(Oc2ccnc(NC(c3ccccc3)c3ccccc3)c2Cl)c(F)c1)c1c[nH]cc(-c2ccc(F)cc2)c1=O. The van der Waals surface area contributed by atoms with Crippen LogP contribution in [0.3, 0.4) is 0 Å². The van der Waals surface area contributed by atoms with Crippen molar-refractivity contribution < 1.29 is 18.3 Å². The normalized spacial score (nSPS) is 10.9. The molecule has 0 saturated heterocycles. The number of carbonyl (C=O) groups is 1. The number of hydrogen-bond acceptors (Lipinski definition) is 5. The van der Waals surface area contributed by atoms with E-state index in [0.29, 0.717) is 11.4 Å². The summed E-state index contributed by atoms with van der Waals surface area (Å²) in [5.74, 6) is -1.62. The molecule has 1 amide bonds. The van der Waals surface area contributed by atoms with Gasteiger partial charge < -0.3 is 20.4 Å². The Morgan fingerprint density at radius 2 is 1.50 bits per heavy atom. The number of hydrogen-bond donors (Lipinski definition) is 3. The van der Waals surface area contributed by atoms with Crippen molar-refractivity contribution in [2.24, 2.45) is 0 Å². The molecule has 6 aromatic rings. The zero-order valence-corrected chi connectivity index (χ0v) is 24.8. The minimum atomic E-state index is -0.777. The predicted octanol–water partition coefficient (Wildman–Crippen LogP) is 8.61. The summed E-state index contributed by atoms with van der Waals surface area (Å²) in [7, 11) is 0. The van der Waals surface area contributed by atoms with Crippen molar-refractivity contribution in [1.82, 2.24) is 9.97 Å². The molecule has 0 bridgehead atoms.